The van der Waals surface area contributed by atoms with Crippen LogP contribution >= 0.6 is 0 Å². The number of aliphatic imine (C=N–C) groups is 1. The molecule has 0 aromatic heterocycles. The summed E-state index contributed by atoms with van der Waals surface area (Å²) in [5, 5.41) is 0. The molecule has 0 spiro atoms. The monoisotopic (exact) mass is 199 g/mol. The zero-order valence-corrected chi connectivity index (χ0v) is 7.33. The Kier molecular flexibility index (Phi) is 3.31. The van der Waals surface area contributed by atoms with Crippen molar-refractivity contribution in [3.8, 4) is 5.75 Å². The molecule has 1 atom stereocenters. The van der Waals surface area contributed by atoms with Gasteiger partial charge in [0.25, 0.3) is 0 Å². The van der Waals surface area contributed by atoms with Crippen LogP contribution in [-0.2, 0) is 4.79 Å². The van der Waals surface area contributed by atoms with Crippen molar-refractivity contribution in [1.82, 2.24) is 0 Å². The maximum atomic E-state index is 13.1. The van der Waals surface area contributed by atoms with Crippen LogP contribution in [0.15, 0.2) is 23.2 Å². The molecule has 0 bridgehead atoms. The van der Waals surface area contributed by atoms with E-state index in [9.17, 15) is 13.6 Å². The molecular weight excluding hydrogens is 192 g/mol. The van der Waals surface area contributed by atoms with Crippen molar-refractivity contribution >= 4 is 6.08 Å². The third kappa shape index (κ3) is 2.14. The molecule has 5 heteroatoms. The first kappa shape index (κ1) is 10.3. The Labute approximate surface area is 79.0 Å². The van der Waals surface area contributed by atoms with Gasteiger partial charge in [0.15, 0.2) is 0 Å². The van der Waals surface area contributed by atoms with Crippen molar-refractivity contribution in [2.24, 2.45) is 4.99 Å². The zero-order valence-electron chi connectivity index (χ0n) is 7.33. The van der Waals surface area contributed by atoms with Gasteiger partial charge in [0, 0.05) is 0 Å². The quantitative estimate of drug-likeness (QED) is 0.425. The van der Waals surface area contributed by atoms with Gasteiger partial charge >= 0.3 is 0 Å². The maximum Gasteiger partial charge on any atom is 0.238 e. The smallest absolute Gasteiger partial charge is 0.238 e. The summed E-state index contributed by atoms with van der Waals surface area (Å²) < 4.78 is 30.6. The summed E-state index contributed by atoms with van der Waals surface area (Å²) in [7, 11) is 1.31. The van der Waals surface area contributed by atoms with Gasteiger partial charge in [-0.05, 0) is 18.2 Å². The molecule has 74 valence electrons. The molecule has 0 fully saturated rings. The largest absolute Gasteiger partial charge is 0.496 e. The fourth-order valence-electron chi connectivity index (χ4n) is 1.01. The molecule has 1 aromatic carbocycles. The lowest BCUT2D eigenvalue weighted by atomic mass is 10.2. The molecule has 0 radical (unpaired) electrons. The summed E-state index contributed by atoms with van der Waals surface area (Å²) in [5.41, 5.74) is -0.129. The van der Waals surface area contributed by atoms with E-state index in [0.29, 0.717) is 0 Å². The molecule has 14 heavy (non-hydrogen) atoms. The van der Waals surface area contributed by atoms with Crippen LogP contribution < -0.4 is 4.74 Å². The van der Waals surface area contributed by atoms with E-state index in [-0.39, 0.29) is 11.3 Å². The molecule has 0 amide bonds. The average Bonchev–Trinajstić information content (AvgIpc) is 2.18. The van der Waals surface area contributed by atoms with E-state index < -0.39 is 12.1 Å². The molecule has 0 aliphatic heterocycles. The number of hydrogen-bond acceptors (Lipinski definition) is 3. The van der Waals surface area contributed by atoms with Gasteiger partial charge in [-0.25, -0.2) is 13.6 Å². The fourth-order valence-corrected chi connectivity index (χ4v) is 1.01. The highest BCUT2D eigenvalue weighted by Crippen LogP contribution is 2.28. The number of nitrogens with zero attached hydrogens (tertiary/aromatic N) is 1. The molecule has 1 aromatic rings. The Morgan fingerprint density at radius 3 is 2.86 bits per heavy atom. The van der Waals surface area contributed by atoms with Crippen molar-refractivity contribution in [2.45, 2.75) is 6.30 Å². The third-order valence-electron chi connectivity index (χ3n) is 1.61. The van der Waals surface area contributed by atoms with Gasteiger partial charge in [-0.2, -0.15) is 4.99 Å². The Hall–Kier alpha value is -1.74. The number of methoxy groups -OCH3 is 1. The van der Waals surface area contributed by atoms with Crippen LogP contribution in [0.5, 0.6) is 5.75 Å². The minimum absolute atomic E-state index is 0.129. The molecule has 1 unspecified atom stereocenters. The SMILES string of the molecule is COc1ccc(F)cc1C(F)N=C=O. The highest BCUT2D eigenvalue weighted by atomic mass is 19.1. The summed E-state index contributed by atoms with van der Waals surface area (Å²) in [6.45, 7) is 0. The lowest BCUT2D eigenvalue weighted by Gasteiger charge is -2.07. The second-order valence-electron chi connectivity index (χ2n) is 2.44. The maximum absolute atomic E-state index is 13.1. The molecule has 0 aliphatic rings. The van der Waals surface area contributed by atoms with Gasteiger partial charge in [-0.1, -0.05) is 0 Å². The first-order chi connectivity index (χ1) is 6.69. The topological polar surface area (TPSA) is 38.7 Å². The van der Waals surface area contributed by atoms with Crippen LogP contribution in [0.4, 0.5) is 8.78 Å². The van der Waals surface area contributed by atoms with E-state index in [0.717, 1.165) is 18.2 Å². The molecule has 3 nitrogen and oxygen atoms in total. The van der Waals surface area contributed by atoms with E-state index in [1.165, 1.54) is 13.2 Å². The Morgan fingerprint density at radius 2 is 2.29 bits per heavy atom. The Balaban J connectivity index is 3.15. The van der Waals surface area contributed by atoms with Gasteiger partial charge < -0.3 is 4.74 Å². The van der Waals surface area contributed by atoms with Crippen molar-refractivity contribution < 1.29 is 18.3 Å². The first-order valence-corrected chi connectivity index (χ1v) is 3.73. The van der Waals surface area contributed by atoms with Crippen molar-refractivity contribution in [3.63, 3.8) is 0 Å². The fraction of sp³-hybridized carbons (Fsp3) is 0.222. The van der Waals surface area contributed by atoms with Gasteiger partial charge in [-0.15, -0.1) is 0 Å². The van der Waals surface area contributed by atoms with Gasteiger partial charge in [0.2, 0.25) is 12.4 Å². The normalized spacial score (nSPS) is 11.6. The van der Waals surface area contributed by atoms with E-state index in [4.69, 9.17) is 4.74 Å². The number of carbonyl (C=O) groups excluding carboxylic acids is 1. The van der Waals surface area contributed by atoms with E-state index in [2.05, 4.69) is 4.99 Å². The molecule has 1 rings (SSSR count). The number of halogens is 2. The lowest BCUT2D eigenvalue weighted by molar-refractivity contribution is 0.332. The second-order valence-corrected chi connectivity index (χ2v) is 2.44. The van der Waals surface area contributed by atoms with E-state index >= 15 is 0 Å². The summed E-state index contributed by atoms with van der Waals surface area (Å²) in [4.78, 5) is 12.6. The van der Waals surface area contributed by atoms with Crippen LogP contribution in [0, 0.1) is 5.82 Å². The molecule has 0 N–H and O–H groups in total. The minimum atomic E-state index is -1.95. The molecule has 0 heterocycles. The highest BCUT2D eigenvalue weighted by Gasteiger charge is 2.14. The van der Waals surface area contributed by atoms with Crippen LogP contribution in [-0.4, -0.2) is 13.2 Å². The summed E-state index contributed by atoms with van der Waals surface area (Å²) in [5.74, 6) is -0.484. The minimum Gasteiger partial charge on any atom is -0.496 e. The number of alkyl halides is 1. The van der Waals surface area contributed by atoms with Gasteiger partial charge in [-0.3, -0.25) is 0 Å². The van der Waals surface area contributed by atoms with Crippen molar-refractivity contribution in [2.75, 3.05) is 7.11 Å². The molecule has 0 aliphatic carbocycles. The number of isocyanates is 1. The first-order valence-electron chi connectivity index (χ1n) is 3.73. The summed E-state index contributed by atoms with van der Waals surface area (Å²) in [6, 6.07) is 3.31. The van der Waals surface area contributed by atoms with E-state index in [1.807, 2.05) is 0 Å². The predicted octanol–water partition coefficient (Wildman–Crippen LogP) is 2.14. The average molecular weight is 199 g/mol. The third-order valence-corrected chi connectivity index (χ3v) is 1.61. The highest BCUT2D eigenvalue weighted by molar-refractivity contribution is 5.39. The van der Waals surface area contributed by atoms with E-state index in [1.54, 1.807) is 0 Å². The number of rotatable bonds is 3. The summed E-state index contributed by atoms with van der Waals surface area (Å²) >= 11 is 0. The Morgan fingerprint density at radius 1 is 1.57 bits per heavy atom. The van der Waals surface area contributed by atoms with Gasteiger partial charge in [0.05, 0.1) is 12.7 Å². The molecule has 0 saturated heterocycles. The van der Waals surface area contributed by atoms with Crippen LogP contribution in [0.25, 0.3) is 0 Å². The molecule has 0 saturated carbocycles. The van der Waals surface area contributed by atoms with Crippen LogP contribution in [0.1, 0.15) is 11.9 Å². The molecular formula is C9H7F2NO2. The van der Waals surface area contributed by atoms with Crippen LogP contribution in [0.2, 0.25) is 0 Å². The Bertz CT molecular complexity index is 375. The zero-order chi connectivity index (χ0) is 10.6. The lowest BCUT2D eigenvalue weighted by Crippen LogP contribution is -1.95. The van der Waals surface area contributed by atoms with Crippen molar-refractivity contribution in [3.05, 3.63) is 29.6 Å². The van der Waals surface area contributed by atoms with Crippen molar-refractivity contribution in [1.29, 1.82) is 0 Å². The number of hydrogen-bond donors (Lipinski definition) is 0. The van der Waals surface area contributed by atoms with Gasteiger partial charge in [0.1, 0.15) is 11.6 Å². The number of ether oxygens (including phenoxy) is 1. The van der Waals surface area contributed by atoms with Crippen LogP contribution in [0.3, 0.4) is 0 Å². The standard InChI is InChI=1S/C9H7F2NO2/c1-14-8-3-2-6(10)4-7(8)9(11)12-5-13/h2-4,9H,1H3. The summed E-state index contributed by atoms with van der Waals surface area (Å²) in [6.07, 6.45) is -0.887. The predicted molar refractivity (Wildman–Crippen MR) is 44.9 cm³/mol. The number of benzene rings is 1. The second kappa shape index (κ2) is 4.48.